The van der Waals surface area contributed by atoms with Crippen molar-refractivity contribution in [3.05, 3.63) is 71.8 Å². The van der Waals surface area contributed by atoms with Gasteiger partial charge in [-0.25, -0.2) is 31.8 Å². The zero-order valence-electron chi connectivity index (χ0n) is 22.4. The molecule has 3 aromatic rings. The Labute approximate surface area is 252 Å². The topological polar surface area (TPSA) is 137 Å². The highest BCUT2D eigenvalue weighted by Gasteiger charge is 2.71. The van der Waals surface area contributed by atoms with Gasteiger partial charge in [0.15, 0.2) is 0 Å². The number of para-hydroxylation sites is 1. The Hall–Kier alpha value is -3.26. The van der Waals surface area contributed by atoms with E-state index in [0.29, 0.717) is 0 Å². The van der Waals surface area contributed by atoms with Crippen LogP contribution in [0.15, 0.2) is 66.0 Å². The molecule has 0 radical (unpaired) electrons. The second-order valence-electron chi connectivity index (χ2n) is 9.63. The zero-order chi connectivity index (χ0) is 32.7. The highest BCUT2D eigenvalue weighted by Crippen LogP contribution is 2.49. The van der Waals surface area contributed by atoms with Crippen LogP contribution >= 0.6 is 11.6 Å². The lowest BCUT2D eigenvalue weighted by atomic mass is 9.95. The number of aromatic nitrogens is 3. The van der Waals surface area contributed by atoms with E-state index >= 15 is 0 Å². The zero-order valence-corrected chi connectivity index (χ0v) is 24.8. The van der Waals surface area contributed by atoms with Crippen molar-refractivity contribution >= 4 is 43.3 Å². The number of nitrogens with zero attached hydrogens (tertiary/aromatic N) is 6. The van der Waals surface area contributed by atoms with Gasteiger partial charge in [-0.2, -0.15) is 30.6 Å². The molecule has 0 spiro atoms. The Bertz CT molecular complexity index is 1670. The van der Waals surface area contributed by atoms with Crippen LogP contribution in [0.5, 0.6) is 0 Å². The molecule has 1 aliphatic rings. The summed E-state index contributed by atoms with van der Waals surface area (Å²) in [7, 11) is -8.22. The molecular weight excluding hydrogens is 666 g/mol. The van der Waals surface area contributed by atoms with Gasteiger partial charge < -0.3 is 10.0 Å². The minimum absolute atomic E-state index is 0.0295. The fraction of sp³-hybridized carbons (Fsp3) is 0.375. The molecule has 240 valence electrons. The van der Waals surface area contributed by atoms with Crippen LogP contribution in [0.4, 0.5) is 38.0 Å². The van der Waals surface area contributed by atoms with Gasteiger partial charge in [0, 0.05) is 43.8 Å². The first-order valence-corrected chi connectivity index (χ1v) is 16.0. The average molecular weight is 689 g/mol. The number of anilines is 2. The standard InChI is InChI=1S/C24H23ClF6N6O5S2/c1-43(39,40)37(17-5-3-2-4-6-17)15-18-14-35(44(41,42)19-7-8-20(25)32-13-19)9-10-36(18)21-33-11-16(12-34-21)22(38,23(26,27)28)24(29,30)31/h2-8,11-13,18,38H,9-10,14-15H2,1H3/t18-/m1/s1. The van der Waals surface area contributed by atoms with Gasteiger partial charge in [-0.05, 0) is 24.3 Å². The smallest absolute Gasteiger partial charge is 0.369 e. The maximum absolute atomic E-state index is 13.4. The summed E-state index contributed by atoms with van der Waals surface area (Å²) in [6.07, 6.45) is -10.1. The third-order valence-corrected chi connectivity index (χ3v) is 9.97. The van der Waals surface area contributed by atoms with Crippen LogP contribution in [0.25, 0.3) is 0 Å². The molecule has 20 heteroatoms. The molecule has 4 rings (SSSR count). The fourth-order valence-electron chi connectivity index (χ4n) is 4.49. The van der Waals surface area contributed by atoms with Crippen LogP contribution in [0.1, 0.15) is 5.56 Å². The van der Waals surface area contributed by atoms with Crippen LogP contribution in [-0.2, 0) is 25.6 Å². The number of piperazine rings is 1. The van der Waals surface area contributed by atoms with Crippen molar-refractivity contribution in [3.8, 4) is 0 Å². The van der Waals surface area contributed by atoms with E-state index < -0.39 is 68.6 Å². The van der Waals surface area contributed by atoms with Gasteiger partial charge in [-0.15, -0.1) is 0 Å². The van der Waals surface area contributed by atoms with Crippen LogP contribution < -0.4 is 9.21 Å². The minimum Gasteiger partial charge on any atom is -0.369 e. The van der Waals surface area contributed by atoms with Crippen LogP contribution in [-0.4, -0.2) is 92.0 Å². The molecule has 1 saturated heterocycles. The van der Waals surface area contributed by atoms with Gasteiger partial charge in [-0.3, -0.25) is 4.31 Å². The molecule has 11 nitrogen and oxygen atoms in total. The van der Waals surface area contributed by atoms with E-state index in [1.54, 1.807) is 18.2 Å². The van der Waals surface area contributed by atoms with E-state index in [4.69, 9.17) is 11.6 Å². The Morgan fingerprint density at radius 2 is 1.50 bits per heavy atom. The summed E-state index contributed by atoms with van der Waals surface area (Å²) in [6, 6.07) is 9.05. The Morgan fingerprint density at radius 3 is 2.00 bits per heavy atom. The molecule has 0 saturated carbocycles. The number of aliphatic hydroxyl groups is 1. The SMILES string of the molecule is CS(=O)(=O)N(C[C@H]1CN(S(=O)(=O)c2ccc(Cl)nc2)CCN1c1ncc(C(O)(C(F)(F)F)C(F)(F)F)cn1)c1ccccc1. The number of hydrogen-bond donors (Lipinski definition) is 1. The van der Waals surface area contributed by atoms with Crippen LogP contribution in [0.2, 0.25) is 5.15 Å². The van der Waals surface area contributed by atoms with Gasteiger partial charge in [0.25, 0.3) is 5.60 Å². The molecule has 0 unspecified atom stereocenters. The van der Waals surface area contributed by atoms with Crippen molar-refractivity contribution in [2.24, 2.45) is 0 Å². The summed E-state index contributed by atoms with van der Waals surface area (Å²) in [5.74, 6) is -0.433. The number of benzene rings is 1. The maximum atomic E-state index is 13.4. The number of pyridine rings is 1. The summed E-state index contributed by atoms with van der Waals surface area (Å²) in [4.78, 5) is 12.1. The van der Waals surface area contributed by atoms with Crippen molar-refractivity contribution in [1.82, 2.24) is 19.3 Å². The van der Waals surface area contributed by atoms with Crippen molar-refractivity contribution < 1.29 is 48.3 Å². The Morgan fingerprint density at radius 1 is 0.909 bits per heavy atom. The number of alkyl halides is 6. The number of halogens is 7. The molecule has 1 fully saturated rings. The van der Waals surface area contributed by atoms with Crippen LogP contribution in [0, 0.1) is 0 Å². The quantitative estimate of drug-likeness (QED) is 0.280. The normalized spacial score (nSPS) is 17.5. The Balaban J connectivity index is 1.75. The summed E-state index contributed by atoms with van der Waals surface area (Å²) >= 11 is 5.76. The van der Waals surface area contributed by atoms with E-state index in [9.17, 15) is 48.3 Å². The molecule has 3 heterocycles. The second kappa shape index (κ2) is 11.9. The highest BCUT2D eigenvalue weighted by atomic mass is 35.5. The molecule has 0 amide bonds. The summed E-state index contributed by atoms with van der Waals surface area (Å²) in [5, 5.41) is 9.72. The lowest BCUT2D eigenvalue weighted by Gasteiger charge is -2.42. The fourth-order valence-corrected chi connectivity index (χ4v) is 6.96. The van der Waals surface area contributed by atoms with Gasteiger partial charge in [0.05, 0.1) is 24.5 Å². The Kier molecular flexibility index (Phi) is 9.11. The predicted octanol–water partition coefficient (Wildman–Crippen LogP) is 3.18. The average Bonchev–Trinajstić information content (AvgIpc) is 2.94. The summed E-state index contributed by atoms with van der Waals surface area (Å²) in [6.45, 7) is -1.33. The lowest BCUT2D eigenvalue weighted by Crippen LogP contribution is -2.59. The molecule has 1 N–H and O–H groups in total. The van der Waals surface area contributed by atoms with Crippen molar-refractivity contribution in [2.45, 2.75) is 28.9 Å². The maximum Gasteiger partial charge on any atom is 0.430 e. The third kappa shape index (κ3) is 6.56. The first-order valence-electron chi connectivity index (χ1n) is 12.4. The van der Waals surface area contributed by atoms with E-state index in [0.717, 1.165) is 21.1 Å². The summed E-state index contributed by atoms with van der Waals surface area (Å²) < 4.78 is 135. The number of sulfonamides is 2. The molecule has 0 bridgehead atoms. The molecule has 44 heavy (non-hydrogen) atoms. The van der Waals surface area contributed by atoms with Gasteiger partial charge >= 0.3 is 12.4 Å². The first-order chi connectivity index (χ1) is 20.3. The number of rotatable bonds is 8. The van der Waals surface area contributed by atoms with Crippen molar-refractivity contribution in [2.75, 3.05) is 41.6 Å². The van der Waals surface area contributed by atoms with E-state index in [1.807, 2.05) is 0 Å². The minimum atomic E-state index is -6.17. The highest BCUT2D eigenvalue weighted by molar-refractivity contribution is 7.92. The summed E-state index contributed by atoms with van der Waals surface area (Å²) in [5.41, 5.74) is -6.76. The van der Waals surface area contributed by atoms with E-state index in [1.165, 1.54) is 29.2 Å². The molecule has 2 aromatic heterocycles. The van der Waals surface area contributed by atoms with Crippen LogP contribution in [0.3, 0.4) is 0 Å². The van der Waals surface area contributed by atoms with E-state index in [2.05, 4.69) is 15.0 Å². The number of hydrogen-bond acceptors (Lipinski definition) is 9. The van der Waals surface area contributed by atoms with E-state index in [-0.39, 0.29) is 41.2 Å². The predicted molar refractivity (Wildman–Crippen MR) is 146 cm³/mol. The van der Waals surface area contributed by atoms with Gasteiger partial charge in [0.2, 0.25) is 26.0 Å². The monoisotopic (exact) mass is 688 g/mol. The van der Waals surface area contributed by atoms with Crippen molar-refractivity contribution in [1.29, 1.82) is 0 Å². The molecular formula is C24H23ClF6N6O5S2. The molecule has 1 aliphatic heterocycles. The molecule has 0 aliphatic carbocycles. The molecule has 1 atom stereocenters. The largest absolute Gasteiger partial charge is 0.430 e. The van der Waals surface area contributed by atoms with Crippen molar-refractivity contribution in [3.63, 3.8) is 0 Å². The first kappa shape index (κ1) is 33.6. The molecule has 1 aromatic carbocycles. The second-order valence-corrected chi connectivity index (χ2v) is 13.9. The van der Waals surface area contributed by atoms with Gasteiger partial charge in [-0.1, -0.05) is 29.8 Å². The lowest BCUT2D eigenvalue weighted by molar-refractivity contribution is -0.376. The van der Waals surface area contributed by atoms with Gasteiger partial charge in [0.1, 0.15) is 10.0 Å². The third-order valence-electron chi connectivity index (χ3n) is 6.74.